The van der Waals surface area contributed by atoms with E-state index in [2.05, 4.69) is 4.98 Å². The molecule has 1 unspecified atom stereocenters. The summed E-state index contributed by atoms with van der Waals surface area (Å²) >= 11 is 4.88. The Morgan fingerprint density at radius 3 is 3.06 bits per heavy atom. The van der Waals surface area contributed by atoms with Gasteiger partial charge in [-0.05, 0) is 12.1 Å². The fourth-order valence-electron chi connectivity index (χ4n) is 1.58. The maximum Gasteiger partial charge on any atom is 0.141 e. The summed E-state index contributed by atoms with van der Waals surface area (Å²) in [4.78, 5) is 6.33. The van der Waals surface area contributed by atoms with Crippen molar-refractivity contribution in [1.82, 2.24) is 4.98 Å². The summed E-state index contributed by atoms with van der Waals surface area (Å²) in [6.45, 7) is 1.81. The SMILES string of the molecule is NC(=S)C1CN(c2ccc(F)cn2)CCO1. The Hall–Kier alpha value is -1.27. The second-order valence-electron chi connectivity index (χ2n) is 3.54. The zero-order valence-electron chi connectivity index (χ0n) is 8.60. The monoisotopic (exact) mass is 241 g/mol. The van der Waals surface area contributed by atoms with Gasteiger partial charge in [0.1, 0.15) is 22.7 Å². The first-order valence-electron chi connectivity index (χ1n) is 4.94. The number of nitrogens with zero attached hydrogens (tertiary/aromatic N) is 2. The third-order valence-electron chi connectivity index (χ3n) is 2.42. The lowest BCUT2D eigenvalue weighted by Crippen LogP contribution is -2.48. The highest BCUT2D eigenvalue weighted by atomic mass is 32.1. The van der Waals surface area contributed by atoms with Gasteiger partial charge in [0.15, 0.2) is 0 Å². The molecule has 0 bridgehead atoms. The summed E-state index contributed by atoms with van der Waals surface area (Å²) in [6, 6.07) is 3.02. The van der Waals surface area contributed by atoms with E-state index >= 15 is 0 Å². The van der Waals surface area contributed by atoms with Crippen molar-refractivity contribution in [1.29, 1.82) is 0 Å². The minimum Gasteiger partial charge on any atom is -0.391 e. The molecule has 2 rings (SSSR count). The van der Waals surface area contributed by atoms with Crippen molar-refractivity contribution < 1.29 is 9.13 Å². The second kappa shape index (κ2) is 4.71. The number of pyridine rings is 1. The molecule has 1 saturated heterocycles. The maximum absolute atomic E-state index is 12.7. The molecule has 1 aliphatic rings. The standard InChI is InChI=1S/C10H12FN3OS/c11-7-1-2-9(13-5-7)14-3-4-15-8(6-14)10(12)16/h1-2,5,8H,3-4,6H2,(H2,12,16). The number of rotatable bonds is 2. The van der Waals surface area contributed by atoms with E-state index < -0.39 is 0 Å². The van der Waals surface area contributed by atoms with Crippen LogP contribution in [0.1, 0.15) is 0 Å². The Kier molecular flexibility index (Phi) is 3.31. The van der Waals surface area contributed by atoms with Gasteiger partial charge in [-0.15, -0.1) is 0 Å². The molecule has 1 aliphatic heterocycles. The molecule has 1 aromatic rings. The number of hydrogen-bond acceptors (Lipinski definition) is 4. The van der Waals surface area contributed by atoms with E-state index in [0.29, 0.717) is 30.5 Å². The van der Waals surface area contributed by atoms with Gasteiger partial charge in [0.25, 0.3) is 0 Å². The van der Waals surface area contributed by atoms with Gasteiger partial charge >= 0.3 is 0 Å². The van der Waals surface area contributed by atoms with Crippen molar-refractivity contribution in [3.63, 3.8) is 0 Å². The smallest absolute Gasteiger partial charge is 0.141 e. The van der Waals surface area contributed by atoms with Crippen LogP contribution in [-0.4, -0.2) is 35.8 Å². The fourth-order valence-corrected chi connectivity index (χ4v) is 1.73. The lowest BCUT2D eigenvalue weighted by molar-refractivity contribution is 0.0844. The molecule has 1 aromatic heterocycles. The van der Waals surface area contributed by atoms with Crippen molar-refractivity contribution in [2.45, 2.75) is 6.10 Å². The molecule has 4 nitrogen and oxygen atoms in total. The summed E-state index contributed by atoms with van der Waals surface area (Å²) in [6.07, 6.45) is 0.941. The van der Waals surface area contributed by atoms with Gasteiger partial charge in [-0.25, -0.2) is 9.37 Å². The van der Waals surface area contributed by atoms with Gasteiger partial charge in [0.05, 0.1) is 19.3 Å². The minimum absolute atomic E-state index is 0.254. The van der Waals surface area contributed by atoms with Crippen molar-refractivity contribution in [2.24, 2.45) is 5.73 Å². The van der Waals surface area contributed by atoms with Gasteiger partial charge in [-0.2, -0.15) is 0 Å². The van der Waals surface area contributed by atoms with Crippen molar-refractivity contribution in [3.8, 4) is 0 Å². The van der Waals surface area contributed by atoms with Crippen LogP contribution in [0.5, 0.6) is 0 Å². The van der Waals surface area contributed by atoms with E-state index in [1.807, 2.05) is 4.90 Å². The van der Waals surface area contributed by atoms with Crippen LogP contribution in [0.3, 0.4) is 0 Å². The molecule has 86 valence electrons. The van der Waals surface area contributed by atoms with Crippen LogP contribution in [0.4, 0.5) is 10.2 Å². The van der Waals surface area contributed by atoms with Crippen LogP contribution in [0, 0.1) is 5.82 Å². The van der Waals surface area contributed by atoms with Crippen LogP contribution in [-0.2, 0) is 4.74 Å². The predicted octanol–water partition coefficient (Wildman–Crippen LogP) is 0.712. The lowest BCUT2D eigenvalue weighted by atomic mass is 10.2. The molecule has 0 aromatic carbocycles. The van der Waals surface area contributed by atoms with Gasteiger partial charge in [-0.1, -0.05) is 12.2 Å². The van der Waals surface area contributed by atoms with E-state index in [4.69, 9.17) is 22.7 Å². The zero-order chi connectivity index (χ0) is 11.5. The second-order valence-corrected chi connectivity index (χ2v) is 4.01. The summed E-state index contributed by atoms with van der Waals surface area (Å²) < 4.78 is 18.1. The molecule has 0 spiro atoms. The van der Waals surface area contributed by atoms with E-state index in [1.165, 1.54) is 12.3 Å². The molecular formula is C10H12FN3OS. The number of hydrogen-bond donors (Lipinski definition) is 1. The number of thiocarbonyl (C=S) groups is 1. The van der Waals surface area contributed by atoms with Crippen LogP contribution < -0.4 is 10.6 Å². The molecule has 1 atom stereocenters. The minimum atomic E-state index is -0.345. The summed E-state index contributed by atoms with van der Waals surface area (Å²) in [5.74, 6) is 0.369. The van der Waals surface area contributed by atoms with E-state index in [-0.39, 0.29) is 11.9 Å². The Morgan fingerprint density at radius 2 is 2.44 bits per heavy atom. The Balaban J connectivity index is 2.09. The van der Waals surface area contributed by atoms with Crippen LogP contribution >= 0.6 is 12.2 Å². The molecule has 16 heavy (non-hydrogen) atoms. The quantitative estimate of drug-likeness (QED) is 0.773. The first-order valence-corrected chi connectivity index (χ1v) is 5.35. The molecule has 0 radical (unpaired) electrons. The summed E-state index contributed by atoms with van der Waals surface area (Å²) in [5.41, 5.74) is 5.53. The normalized spacial score (nSPS) is 20.8. The van der Waals surface area contributed by atoms with E-state index in [1.54, 1.807) is 6.07 Å². The largest absolute Gasteiger partial charge is 0.391 e. The number of ether oxygens (including phenoxy) is 1. The van der Waals surface area contributed by atoms with Gasteiger partial charge in [0, 0.05) is 6.54 Å². The number of nitrogens with two attached hydrogens (primary N) is 1. The highest BCUT2D eigenvalue weighted by Crippen LogP contribution is 2.15. The Morgan fingerprint density at radius 1 is 1.62 bits per heavy atom. The number of halogens is 1. The van der Waals surface area contributed by atoms with Crippen molar-refractivity contribution in [2.75, 3.05) is 24.6 Å². The van der Waals surface area contributed by atoms with Crippen molar-refractivity contribution in [3.05, 3.63) is 24.1 Å². The molecule has 2 heterocycles. The van der Waals surface area contributed by atoms with Crippen molar-refractivity contribution >= 4 is 23.0 Å². The van der Waals surface area contributed by atoms with Gasteiger partial charge < -0.3 is 15.4 Å². The molecule has 2 N–H and O–H groups in total. The first kappa shape index (κ1) is 11.2. The predicted molar refractivity (Wildman–Crippen MR) is 62.9 cm³/mol. The highest BCUT2D eigenvalue weighted by Gasteiger charge is 2.23. The molecule has 0 saturated carbocycles. The third kappa shape index (κ3) is 2.45. The lowest BCUT2D eigenvalue weighted by Gasteiger charge is -2.33. The Bertz CT molecular complexity index is 384. The number of anilines is 1. The molecule has 0 amide bonds. The Labute approximate surface area is 98.2 Å². The van der Waals surface area contributed by atoms with E-state index in [0.717, 1.165) is 0 Å². The number of morpholine rings is 1. The summed E-state index contributed by atoms with van der Waals surface area (Å²) in [7, 11) is 0. The molecule has 1 fully saturated rings. The average molecular weight is 241 g/mol. The highest BCUT2D eigenvalue weighted by molar-refractivity contribution is 7.80. The fraction of sp³-hybridized carbons (Fsp3) is 0.400. The van der Waals surface area contributed by atoms with Crippen LogP contribution in [0.25, 0.3) is 0 Å². The molecular weight excluding hydrogens is 229 g/mol. The van der Waals surface area contributed by atoms with Crippen LogP contribution in [0.2, 0.25) is 0 Å². The summed E-state index contributed by atoms with van der Waals surface area (Å²) in [5, 5.41) is 0. The topological polar surface area (TPSA) is 51.4 Å². The zero-order valence-corrected chi connectivity index (χ0v) is 9.41. The first-order chi connectivity index (χ1) is 7.66. The third-order valence-corrected chi connectivity index (χ3v) is 2.68. The van der Waals surface area contributed by atoms with Gasteiger partial charge in [0.2, 0.25) is 0 Å². The van der Waals surface area contributed by atoms with Gasteiger partial charge in [-0.3, -0.25) is 0 Å². The maximum atomic E-state index is 12.7. The average Bonchev–Trinajstić information content (AvgIpc) is 2.30. The molecule has 6 heteroatoms. The van der Waals surface area contributed by atoms with E-state index in [9.17, 15) is 4.39 Å². The molecule has 0 aliphatic carbocycles. The van der Waals surface area contributed by atoms with Crippen LogP contribution in [0.15, 0.2) is 18.3 Å². The number of aromatic nitrogens is 1.